The van der Waals surface area contributed by atoms with E-state index in [1.807, 2.05) is 0 Å². The quantitative estimate of drug-likeness (QED) is 0.369. The summed E-state index contributed by atoms with van der Waals surface area (Å²) in [6, 6.07) is 9.55. The van der Waals surface area contributed by atoms with Crippen LogP contribution in [0.5, 0.6) is 17.4 Å². The van der Waals surface area contributed by atoms with Crippen molar-refractivity contribution in [3.63, 3.8) is 0 Å². The number of methoxy groups -OCH3 is 2. The number of likely N-dealkylation sites (tertiary alicyclic amines) is 1. The van der Waals surface area contributed by atoms with Crippen LogP contribution in [0.1, 0.15) is 34.0 Å². The average molecular weight is 567 g/mol. The zero-order valence-electron chi connectivity index (χ0n) is 22.3. The van der Waals surface area contributed by atoms with Gasteiger partial charge in [-0.05, 0) is 49.2 Å². The fourth-order valence-corrected chi connectivity index (χ4v) is 4.99. The summed E-state index contributed by atoms with van der Waals surface area (Å²) in [6.07, 6.45) is 1.20. The molecule has 3 heterocycles. The number of hydrogen-bond donors (Lipinski definition) is 1. The Morgan fingerprint density at radius 2 is 1.76 bits per heavy atom. The Labute approximate surface area is 232 Å². The lowest BCUT2D eigenvalue weighted by Crippen LogP contribution is -2.36. The van der Waals surface area contributed by atoms with Crippen molar-refractivity contribution in [2.24, 2.45) is 0 Å². The van der Waals surface area contributed by atoms with E-state index in [2.05, 4.69) is 9.97 Å². The number of aryl methyl sites for hydroxylation is 1. The van der Waals surface area contributed by atoms with E-state index in [1.54, 1.807) is 18.2 Å². The molecule has 1 fully saturated rings. The van der Waals surface area contributed by atoms with Crippen molar-refractivity contribution in [1.82, 2.24) is 19.4 Å². The molecule has 12 heteroatoms. The van der Waals surface area contributed by atoms with Gasteiger partial charge < -0.3 is 19.5 Å². The second-order valence-corrected chi connectivity index (χ2v) is 9.51. The summed E-state index contributed by atoms with van der Waals surface area (Å²) in [6.45, 7) is 1.63. The van der Waals surface area contributed by atoms with Gasteiger partial charge in [0.2, 0.25) is 5.88 Å². The predicted molar refractivity (Wildman–Crippen MR) is 142 cm³/mol. The Morgan fingerprint density at radius 1 is 1.05 bits per heavy atom. The first-order valence-corrected chi connectivity index (χ1v) is 12.6. The van der Waals surface area contributed by atoms with E-state index < -0.39 is 46.3 Å². The first-order chi connectivity index (χ1) is 19.6. The fourth-order valence-electron chi connectivity index (χ4n) is 4.99. The molecule has 0 radical (unpaired) electrons. The molecule has 41 heavy (non-hydrogen) atoms. The number of rotatable bonds is 6. The molecule has 1 aliphatic heterocycles. The van der Waals surface area contributed by atoms with E-state index in [0.29, 0.717) is 6.42 Å². The highest BCUT2D eigenvalue weighted by Gasteiger charge is 2.35. The topological polar surface area (TPSA) is 107 Å². The molecule has 1 saturated heterocycles. The van der Waals surface area contributed by atoms with Crippen LogP contribution in [0.2, 0.25) is 0 Å². The number of pyridine rings is 1. The van der Waals surface area contributed by atoms with Crippen LogP contribution in [0.25, 0.3) is 17.1 Å². The number of ether oxygens (including phenoxy) is 2. The largest absolute Gasteiger partial charge is 0.494 e. The summed E-state index contributed by atoms with van der Waals surface area (Å²) in [5.74, 6) is -4.04. The van der Waals surface area contributed by atoms with Crippen LogP contribution in [0.3, 0.4) is 0 Å². The van der Waals surface area contributed by atoms with Crippen molar-refractivity contribution in [2.45, 2.75) is 19.3 Å². The van der Waals surface area contributed by atoms with Crippen LogP contribution in [0, 0.1) is 24.4 Å². The van der Waals surface area contributed by atoms with Crippen LogP contribution < -0.4 is 15.0 Å². The summed E-state index contributed by atoms with van der Waals surface area (Å²) >= 11 is 0. The highest BCUT2D eigenvalue weighted by Crippen LogP contribution is 2.36. The van der Waals surface area contributed by atoms with Gasteiger partial charge in [0.15, 0.2) is 11.4 Å². The van der Waals surface area contributed by atoms with Gasteiger partial charge in [-0.15, -0.1) is 0 Å². The summed E-state index contributed by atoms with van der Waals surface area (Å²) in [7, 11) is 2.77. The third-order valence-electron chi connectivity index (χ3n) is 7.02. The molecule has 212 valence electrons. The number of carbonyl (C=O) groups excluding carboxylic acids is 1. The lowest BCUT2D eigenvalue weighted by Gasteiger charge is -2.21. The minimum Gasteiger partial charge on any atom is -0.494 e. The van der Waals surface area contributed by atoms with Crippen LogP contribution >= 0.6 is 0 Å². The number of carbonyl (C=O) groups is 1. The van der Waals surface area contributed by atoms with Gasteiger partial charge in [0, 0.05) is 30.6 Å². The van der Waals surface area contributed by atoms with Crippen molar-refractivity contribution in [1.29, 1.82) is 0 Å². The number of aromatic nitrogens is 3. The maximum absolute atomic E-state index is 14.4. The van der Waals surface area contributed by atoms with Crippen LogP contribution in [0.4, 0.5) is 13.2 Å². The van der Waals surface area contributed by atoms with Crippen molar-refractivity contribution >= 4 is 5.91 Å². The number of hydrogen-bond acceptors (Lipinski definition) is 7. The van der Waals surface area contributed by atoms with Crippen molar-refractivity contribution in [2.75, 3.05) is 27.3 Å². The maximum Gasteiger partial charge on any atom is 0.275 e. The molecular formula is C29H25F3N4O5. The molecule has 0 spiro atoms. The molecule has 0 bridgehead atoms. The normalized spacial score (nSPS) is 14.8. The molecule has 1 atom stereocenters. The second kappa shape index (κ2) is 11.0. The summed E-state index contributed by atoms with van der Waals surface area (Å²) in [5, 5.41) is 10.9. The standard InChI is InChI=1S/C29H25F3N4O5/c1-15-11-16(7-8-19(15)31)26-34-27(37)23(29(39)36(26)25-21(40-2)5-4-6-22(25)41-3)28(38)35-10-9-17(14-35)24-20(32)12-18(30)13-33-24/h4-8,11-13,17,37H,9-10,14H2,1-3H3. The van der Waals surface area contributed by atoms with E-state index in [-0.39, 0.29) is 52.9 Å². The molecule has 0 saturated carbocycles. The van der Waals surface area contributed by atoms with Crippen LogP contribution in [0.15, 0.2) is 53.5 Å². The Kier molecular flexibility index (Phi) is 7.40. The molecule has 1 N–H and O–H groups in total. The van der Waals surface area contributed by atoms with Gasteiger partial charge in [-0.1, -0.05) is 6.07 Å². The van der Waals surface area contributed by atoms with E-state index in [1.165, 1.54) is 44.2 Å². The number of halogens is 3. The van der Waals surface area contributed by atoms with E-state index >= 15 is 0 Å². The summed E-state index contributed by atoms with van der Waals surface area (Å²) in [4.78, 5) is 37.1. The summed E-state index contributed by atoms with van der Waals surface area (Å²) in [5.41, 5.74) is -0.910. The minimum absolute atomic E-state index is 0.00208. The molecule has 2 aromatic heterocycles. The van der Waals surface area contributed by atoms with E-state index in [4.69, 9.17) is 9.47 Å². The molecule has 9 nitrogen and oxygen atoms in total. The first kappa shape index (κ1) is 27.7. The number of benzene rings is 2. The monoisotopic (exact) mass is 566 g/mol. The number of aromatic hydroxyl groups is 1. The average Bonchev–Trinajstić information content (AvgIpc) is 3.44. The molecule has 0 aliphatic carbocycles. The lowest BCUT2D eigenvalue weighted by atomic mass is 10.0. The third-order valence-corrected chi connectivity index (χ3v) is 7.02. The van der Waals surface area contributed by atoms with Gasteiger partial charge in [0.25, 0.3) is 11.5 Å². The second-order valence-electron chi connectivity index (χ2n) is 9.51. The Bertz CT molecular complexity index is 1700. The molecule has 4 aromatic rings. The van der Waals surface area contributed by atoms with Crippen LogP contribution in [-0.2, 0) is 0 Å². The molecular weight excluding hydrogens is 541 g/mol. The van der Waals surface area contributed by atoms with Crippen LogP contribution in [-0.4, -0.2) is 57.8 Å². The third kappa shape index (κ3) is 4.96. The van der Waals surface area contributed by atoms with Gasteiger partial charge in [0.05, 0.1) is 26.1 Å². The van der Waals surface area contributed by atoms with E-state index in [9.17, 15) is 27.9 Å². The Hall–Kier alpha value is -4.87. The van der Waals surface area contributed by atoms with Gasteiger partial charge in [-0.25, -0.2) is 13.2 Å². The maximum atomic E-state index is 14.4. The molecule has 1 unspecified atom stereocenters. The smallest absolute Gasteiger partial charge is 0.275 e. The predicted octanol–water partition coefficient (Wildman–Crippen LogP) is 4.37. The van der Waals surface area contributed by atoms with Crippen molar-refractivity contribution in [3.05, 3.63) is 93.3 Å². The van der Waals surface area contributed by atoms with Crippen molar-refractivity contribution < 1.29 is 32.5 Å². The minimum atomic E-state index is -0.934. The van der Waals surface area contributed by atoms with Crippen molar-refractivity contribution in [3.8, 4) is 34.5 Å². The SMILES string of the molecule is COc1cccc(OC)c1-n1c(-c2ccc(F)c(C)c2)nc(O)c(C(=O)N2CCC(c3ncc(F)cc3F)C2)c1=O. The highest BCUT2D eigenvalue weighted by atomic mass is 19.1. The first-order valence-electron chi connectivity index (χ1n) is 12.6. The summed E-state index contributed by atoms with van der Waals surface area (Å²) < 4.78 is 53.9. The zero-order chi connectivity index (χ0) is 29.4. The van der Waals surface area contributed by atoms with Gasteiger partial charge in [0.1, 0.15) is 34.6 Å². The number of para-hydroxylation sites is 1. The highest BCUT2D eigenvalue weighted by molar-refractivity contribution is 5.96. The number of nitrogens with zero attached hydrogens (tertiary/aromatic N) is 4. The Morgan fingerprint density at radius 3 is 2.39 bits per heavy atom. The van der Waals surface area contributed by atoms with Gasteiger partial charge in [-0.2, -0.15) is 4.98 Å². The van der Waals surface area contributed by atoms with E-state index in [0.717, 1.165) is 16.8 Å². The molecule has 5 rings (SSSR count). The number of amides is 1. The zero-order valence-corrected chi connectivity index (χ0v) is 22.3. The Balaban J connectivity index is 1.66. The van der Waals surface area contributed by atoms with Gasteiger partial charge >= 0.3 is 0 Å². The molecule has 1 aliphatic rings. The lowest BCUT2D eigenvalue weighted by molar-refractivity contribution is 0.0784. The molecule has 2 aromatic carbocycles. The molecule has 1 amide bonds. The van der Waals surface area contributed by atoms with Gasteiger partial charge in [-0.3, -0.25) is 19.1 Å². The fraction of sp³-hybridized carbons (Fsp3) is 0.241.